The number of likely N-dealkylation sites (tertiary alicyclic amines) is 1. The van der Waals surface area contributed by atoms with Crippen LogP contribution in [0, 0.1) is 23.2 Å². The van der Waals surface area contributed by atoms with E-state index in [4.69, 9.17) is 4.74 Å². The topological polar surface area (TPSA) is 49.9 Å². The molecule has 1 amide bonds. The van der Waals surface area contributed by atoms with Crippen molar-refractivity contribution in [1.29, 1.82) is 0 Å². The van der Waals surface area contributed by atoms with E-state index in [-0.39, 0.29) is 23.0 Å². The van der Waals surface area contributed by atoms with Gasteiger partial charge >= 0.3 is 0 Å². The highest BCUT2D eigenvalue weighted by atomic mass is 32.1. The first kappa shape index (κ1) is 20.4. The molecule has 29 heavy (non-hydrogen) atoms. The Morgan fingerprint density at radius 3 is 2.69 bits per heavy atom. The van der Waals surface area contributed by atoms with E-state index in [1.807, 2.05) is 4.90 Å². The summed E-state index contributed by atoms with van der Waals surface area (Å²) in [6, 6.07) is 0. The Bertz CT molecular complexity index is 871. The number of hydrogen-bond acceptors (Lipinski definition) is 5. The van der Waals surface area contributed by atoms with E-state index in [1.54, 1.807) is 18.3 Å². The summed E-state index contributed by atoms with van der Waals surface area (Å²) in [5.41, 5.74) is 2.16. The number of nitrogens with zero attached hydrogens (tertiary/aromatic N) is 2. The number of fused-ring (bicyclic) bond motifs is 1. The summed E-state index contributed by atoms with van der Waals surface area (Å²) in [4.78, 5) is 29.8. The van der Waals surface area contributed by atoms with Gasteiger partial charge < -0.3 is 14.5 Å². The van der Waals surface area contributed by atoms with Crippen molar-refractivity contribution >= 4 is 28.0 Å². The lowest BCUT2D eigenvalue weighted by Gasteiger charge is -2.30. The maximum absolute atomic E-state index is 12.8. The molecule has 2 fully saturated rings. The summed E-state index contributed by atoms with van der Waals surface area (Å²) < 4.78 is 5.53. The Morgan fingerprint density at radius 1 is 1.21 bits per heavy atom. The molecule has 1 aromatic heterocycles. The first-order chi connectivity index (χ1) is 13.8. The SMILES string of the molecule is CC(=O)N1CCCC(C#Cc2c(N3CCOCC3)sc3c2CC(C)(C)CC3=O)C1. The molecule has 1 aromatic rings. The number of anilines is 1. The van der Waals surface area contributed by atoms with E-state index in [9.17, 15) is 9.59 Å². The summed E-state index contributed by atoms with van der Waals surface area (Å²) in [6.07, 6.45) is 3.53. The Balaban J connectivity index is 1.70. The van der Waals surface area contributed by atoms with Gasteiger partial charge in [-0.15, -0.1) is 11.3 Å². The van der Waals surface area contributed by atoms with E-state index >= 15 is 0 Å². The van der Waals surface area contributed by atoms with E-state index < -0.39 is 0 Å². The molecule has 0 aromatic carbocycles. The molecule has 6 heteroatoms. The molecule has 0 saturated carbocycles. The monoisotopic (exact) mass is 414 g/mol. The van der Waals surface area contributed by atoms with Gasteiger partial charge in [-0.3, -0.25) is 9.59 Å². The predicted octanol–water partition coefficient (Wildman–Crippen LogP) is 3.35. The number of amides is 1. The van der Waals surface area contributed by atoms with Gasteiger partial charge in [-0.05, 0) is 30.2 Å². The van der Waals surface area contributed by atoms with Crippen molar-refractivity contribution < 1.29 is 14.3 Å². The molecule has 2 saturated heterocycles. The first-order valence-electron chi connectivity index (χ1n) is 10.6. The van der Waals surface area contributed by atoms with Crippen molar-refractivity contribution in [2.24, 2.45) is 11.3 Å². The zero-order valence-corrected chi connectivity index (χ0v) is 18.5. The number of rotatable bonds is 1. The molecule has 2 aliphatic heterocycles. The molecule has 5 nitrogen and oxygen atoms in total. The number of carbonyl (C=O) groups excluding carboxylic acids is 2. The maximum Gasteiger partial charge on any atom is 0.219 e. The molecular weight excluding hydrogens is 384 g/mol. The second-order valence-electron chi connectivity index (χ2n) is 9.20. The van der Waals surface area contributed by atoms with Gasteiger partial charge in [0.15, 0.2) is 5.78 Å². The third kappa shape index (κ3) is 4.36. The van der Waals surface area contributed by atoms with Crippen molar-refractivity contribution in [3.05, 3.63) is 16.0 Å². The van der Waals surface area contributed by atoms with E-state index in [1.165, 1.54) is 0 Å². The fourth-order valence-electron chi connectivity index (χ4n) is 4.57. The number of carbonyl (C=O) groups is 2. The number of ether oxygens (including phenoxy) is 1. The number of morpholine rings is 1. The summed E-state index contributed by atoms with van der Waals surface area (Å²) in [6.45, 7) is 10.6. The number of ketones is 1. The second kappa shape index (κ2) is 8.12. The van der Waals surface area contributed by atoms with Crippen LogP contribution in [0.25, 0.3) is 0 Å². The smallest absolute Gasteiger partial charge is 0.219 e. The Hall–Kier alpha value is -1.84. The van der Waals surface area contributed by atoms with Crippen molar-refractivity contribution in [3.8, 4) is 11.8 Å². The molecule has 3 heterocycles. The first-order valence-corrected chi connectivity index (χ1v) is 11.4. The summed E-state index contributed by atoms with van der Waals surface area (Å²) in [7, 11) is 0. The van der Waals surface area contributed by atoms with Crippen LogP contribution >= 0.6 is 11.3 Å². The molecule has 156 valence electrons. The number of piperidine rings is 1. The highest BCUT2D eigenvalue weighted by Crippen LogP contribution is 2.45. The maximum atomic E-state index is 12.8. The van der Waals surface area contributed by atoms with Crippen LogP contribution in [-0.4, -0.2) is 56.0 Å². The Kier molecular flexibility index (Phi) is 5.72. The van der Waals surface area contributed by atoms with Crippen LogP contribution in [0.1, 0.15) is 60.8 Å². The van der Waals surface area contributed by atoms with Crippen molar-refractivity contribution in [2.75, 3.05) is 44.3 Å². The minimum Gasteiger partial charge on any atom is -0.378 e. The fraction of sp³-hybridized carbons (Fsp3) is 0.652. The van der Waals surface area contributed by atoms with E-state index in [2.05, 4.69) is 30.6 Å². The summed E-state index contributed by atoms with van der Waals surface area (Å²) in [5, 5.41) is 1.14. The van der Waals surface area contributed by atoms with Crippen molar-refractivity contribution in [3.63, 3.8) is 0 Å². The third-order valence-corrected chi connectivity index (χ3v) is 7.44. The molecule has 3 aliphatic rings. The third-order valence-electron chi connectivity index (χ3n) is 6.10. The van der Waals surface area contributed by atoms with E-state index in [0.29, 0.717) is 26.2 Å². The highest BCUT2D eigenvalue weighted by molar-refractivity contribution is 7.18. The van der Waals surface area contributed by atoms with Gasteiger partial charge in [0.2, 0.25) is 5.91 Å². The number of hydrogen-bond donors (Lipinski definition) is 0. The fourth-order valence-corrected chi connectivity index (χ4v) is 5.84. The van der Waals surface area contributed by atoms with Crippen LogP contribution in [0.5, 0.6) is 0 Å². The molecule has 0 N–H and O–H groups in total. The zero-order chi connectivity index (χ0) is 20.6. The van der Waals surface area contributed by atoms with Crippen LogP contribution in [0.3, 0.4) is 0 Å². The Labute approximate surface area is 177 Å². The molecule has 0 spiro atoms. The van der Waals surface area contributed by atoms with Crippen molar-refractivity contribution in [2.45, 2.75) is 46.5 Å². The van der Waals surface area contributed by atoms with Gasteiger partial charge in [0.05, 0.1) is 23.7 Å². The van der Waals surface area contributed by atoms with Crippen LogP contribution in [0.4, 0.5) is 5.00 Å². The molecular formula is C23H30N2O3S. The standard InChI is InChI=1S/C23H30N2O3S/c1-16(26)25-8-4-5-17(15-25)6-7-18-19-13-23(2,3)14-20(27)21(19)29-22(18)24-9-11-28-12-10-24/h17H,4-5,8-15H2,1-3H3. The molecule has 1 aliphatic carbocycles. The molecule has 1 unspecified atom stereocenters. The molecule has 1 atom stereocenters. The van der Waals surface area contributed by atoms with Crippen molar-refractivity contribution in [1.82, 2.24) is 4.90 Å². The van der Waals surface area contributed by atoms with Crippen LogP contribution in [0.2, 0.25) is 0 Å². The van der Waals surface area contributed by atoms with E-state index in [0.717, 1.165) is 59.9 Å². The Morgan fingerprint density at radius 2 is 1.97 bits per heavy atom. The van der Waals surface area contributed by atoms with Crippen LogP contribution in [0.15, 0.2) is 0 Å². The number of thiophene rings is 1. The lowest BCUT2D eigenvalue weighted by Crippen LogP contribution is -2.38. The van der Waals surface area contributed by atoms with Crippen LogP contribution in [-0.2, 0) is 16.0 Å². The largest absolute Gasteiger partial charge is 0.378 e. The predicted molar refractivity (Wildman–Crippen MR) is 116 cm³/mol. The average Bonchev–Trinajstić information content (AvgIpc) is 3.05. The van der Waals surface area contributed by atoms with Gasteiger partial charge in [0.1, 0.15) is 5.00 Å². The zero-order valence-electron chi connectivity index (χ0n) is 17.7. The van der Waals surface area contributed by atoms with Crippen LogP contribution < -0.4 is 4.90 Å². The molecule has 0 bridgehead atoms. The van der Waals surface area contributed by atoms with Gasteiger partial charge in [-0.1, -0.05) is 25.7 Å². The average molecular weight is 415 g/mol. The molecule has 4 rings (SSSR count). The summed E-state index contributed by atoms with van der Waals surface area (Å²) >= 11 is 1.62. The minimum absolute atomic E-state index is 0.0276. The van der Waals surface area contributed by atoms with Gasteiger partial charge in [0, 0.05) is 45.4 Å². The molecule has 0 radical (unpaired) electrons. The number of Topliss-reactive ketones (excluding diaryl/α,β-unsaturated/α-hetero) is 1. The van der Waals surface area contributed by atoms with Gasteiger partial charge in [0.25, 0.3) is 0 Å². The summed E-state index contributed by atoms with van der Waals surface area (Å²) in [5.74, 6) is 7.55. The lowest BCUT2D eigenvalue weighted by atomic mass is 9.75. The lowest BCUT2D eigenvalue weighted by molar-refractivity contribution is -0.130. The minimum atomic E-state index is -0.0276. The second-order valence-corrected chi connectivity index (χ2v) is 10.2. The van der Waals surface area contributed by atoms with Gasteiger partial charge in [-0.25, -0.2) is 0 Å². The quantitative estimate of drug-likeness (QED) is 0.662. The van der Waals surface area contributed by atoms with Gasteiger partial charge in [-0.2, -0.15) is 0 Å². The normalized spacial score (nSPS) is 24.0. The highest BCUT2D eigenvalue weighted by Gasteiger charge is 2.36.